The van der Waals surface area contributed by atoms with E-state index >= 15 is 0 Å². The summed E-state index contributed by atoms with van der Waals surface area (Å²) in [5.41, 5.74) is 1.68. The molecule has 0 radical (unpaired) electrons. The van der Waals surface area contributed by atoms with Gasteiger partial charge in [-0.15, -0.1) is 12.4 Å². The summed E-state index contributed by atoms with van der Waals surface area (Å²) >= 11 is 5.89. The number of piperazine rings is 1. The number of oxazole rings is 1. The molecule has 8 heteroatoms. The number of nitrogens with zero attached hydrogens (tertiary/aromatic N) is 3. The van der Waals surface area contributed by atoms with Gasteiger partial charge < -0.3 is 14.6 Å². The van der Waals surface area contributed by atoms with E-state index in [0.717, 1.165) is 37.4 Å². The molecule has 0 unspecified atom stereocenters. The first-order valence-corrected chi connectivity index (χ1v) is 8.37. The van der Waals surface area contributed by atoms with Gasteiger partial charge in [0.15, 0.2) is 0 Å². The molecule has 1 saturated heterocycles. The number of carbonyl (C=O) groups excluding carboxylic acids is 1. The number of rotatable bonds is 5. The van der Waals surface area contributed by atoms with Crippen molar-refractivity contribution < 1.29 is 9.21 Å². The fraction of sp³-hybridized carbons (Fsp3) is 0.412. The van der Waals surface area contributed by atoms with E-state index in [9.17, 15) is 4.79 Å². The fourth-order valence-corrected chi connectivity index (χ4v) is 2.81. The van der Waals surface area contributed by atoms with Crippen molar-refractivity contribution in [3.63, 3.8) is 0 Å². The van der Waals surface area contributed by atoms with Crippen molar-refractivity contribution in [1.82, 2.24) is 20.1 Å². The van der Waals surface area contributed by atoms with E-state index in [1.807, 2.05) is 29.0 Å². The van der Waals surface area contributed by atoms with Gasteiger partial charge in [0.2, 0.25) is 11.8 Å². The van der Waals surface area contributed by atoms with Gasteiger partial charge in [0.05, 0.1) is 12.2 Å². The summed E-state index contributed by atoms with van der Waals surface area (Å²) in [6.45, 7) is 4.22. The molecule has 1 aromatic carbocycles. The first kappa shape index (κ1) is 19.7. The molecule has 25 heavy (non-hydrogen) atoms. The summed E-state index contributed by atoms with van der Waals surface area (Å²) in [4.78, 5) is 20.6. The Kier molecular flexibility index (Phi) is 7.25. The maximum Gasteiger partial charge on any atom is 0.236 e. The van der Waals surface area contributed by atoms with Gasteiger partial charge in [-0.05, 0) is 31.3 Å². The van der Waals surface area contributed by atoms with Crippen LogP contribution in [-0.4, -0.2) is 60.5 Å². The molecule has 0 aliphatic carbocycles. The Labute approximate surface area is 158 Å². The molecule has 1 N–H and O–H groups in total. The first-order valence-electron chi connectivity index (χ1n) is 7.99. The van der Waals surface area contributed by atoms with Crippen LogP contribution in [0.25, 0.3) is 11.5 Å². The van der Waals surface area contributed by atoms with Gasteiger partial charge in [0, 0.05) is 43.3 Å². The Hall–Kier alpha value is -1.60. The lowest BCUT2D eigenvalue weighted by molar-refractivity contribution is -0.132. The van der Waals surface area contributed by atoms with Crippen LogP contribution in [0.3, 0.4) is 0 Å². The van der Waals surface area contributed by atoms with Crippen LogP contribution in [0.4, 0.5) is 0 Å². The van der Waals surface area contributed by atoms with E-state index in [1.54, 1.807) is 18.4 Å². The second-order valence-electron chi connectivity index (χ2n) is 5.95. The molecule has 136 valence electrons. The van der Waals surface area contributed by atoms with E-state index < -0.39 is 0 Å². The highest BCUT2D eigenvalue weighted by molar-refractivity contribution is 6.30. The molecule has 3 rings (SSSR count). The van der Waals surface area contributed by atoms with Crippen LogP contribution in [0.1, 0.15) is 5.69 Å². The van der Waals surface area contributed by atoms with Crippen molar-refractivity contribution in [2.24, 2.45) is 0 Å². The molecule has 1 fully saturated rings. The van der Waals surface area contributed by atoms with Crippen molar-refractivity contribution >= 4 is 29.9 Å². The number of likely N-dealkylation sites (N-methyl/N-ethyl adjacent to an activating group) is 1. The average Bonchev–Trinajstić information content (AvgIpc) is 3.04. The summed E-state index contributed by atoms with van der Waals surface area (Å²) in [6, 6.07) is 7.35. The van der Waals surface area contributed by atoms with Gasteiger partial charge in [0.1, 0.15) is 6.26 Å². The largest absolute Gasteiger partial charge is 0.444 e. The summed E-state index contributed by atoms with van der Waals surface area (Å²) in [5.74, 6) is 0.712. The van der Waals surface area contributed by atoms with Gasteiger partial charge >= 0.3 is 0 Å². The number of nitrogens with one attached hydrogen (secondary N) is 1. The molecule has 0 saturated carbocycles. The second-order valence-corrected chi connectivity index (χ2v) is 6.39. The molecule has 1 aromatic heterocycles. The minimum atomic E-state index is 0. The van der Waals surface area contributed by atoms with Crippen LogP contribution >= 0.6 is 24.0 Å². The highest BCUT2D eigenvalue weighted by Crippen LogP contribution is 2.21. The number of hydrogen-bond acceptors (Lipinski definition) is 5. The van der Waals surface area contributed by atoms with E-state index in [2.05, 4.69) is 10.3 Å². The third kappa shape index (κ3) is 5.44. The second kappa shape index (κ2) is 9.20. The molecule has 0 atom stereocenters. The number of amides is 1. The number of benzene rings is 1. The average molecular weight is 385 g/mol. The number of carbonyl (C=O) groups is 1. The highest BCUT2D eigenvalue weighted by atomic mass is 35.5. The van der Waals surface area contributed by atoms with Gasteiger partial charge in [-0.25, -0.2) is 4.98 Å². The predicted octanol–water partition coefficient (Wildman–Crippen LogP) is 2.28. The first-order chi connectivity index (χ1) is 11.6. The topological polar surface area (TPSA) is 61.6 Å². The molecule has 6 nitrogen and oxygen atoms in total. The van der Waals surface area contributed by atoms with E-state index in [-0.39, 0.29) is 18.3 Å². The minimum absolute atomic E-state index is 0. The number of halogens is 2. The van der Waals surface area contributed by atoms with Crippen LogP contribution in [-0.2, 0) is 11.3 Å². The summed E-state index contributed by atoms with van der Waals surface area (Å²) in [5, 5.41) is 3.92. The molecular weight excluding hydrogens is 363 g/mol. The van der Waals surface area contributed by atoms with E-state index in [4.69, 9.17) is 16.0 Å². The number of hydrogen-bond donors (Lipinski definition) is 1. The van der Waals surface area contributed by atoms with Crippen LogP contribution in [0.5, 0.6) is 0 Å². The Morgan fingerprint density at radius 2 is 2.00 bits per heavy atom. The SMILES string of the molecule is CN(CC(=O)N1CCNCC1)Cc1coc(-c2ccc(Cl)cc2)n1.Cl. The maximum atomic E-state index is 12.3. The van der Waals surface area contributed by atoms with Crippen molar-refractivity contribution in [2.75, 3.05) is 39.8 Å². The van der Waals surface area contributed by atoms with Crippen molar-refractivity contribution in [2.45, 2.75) is 6.54 Å². The minimum Gasteiger partial charge on any atom is -0.444 e. The van der Waals surface area contributed by atoms with Crippen LogP contribution < -0.4 is 5.32 Å². The monoisotopic (exact) mass is 384 g/mol. The quantitative estimate of drug-likeness (QED) is 0.856. The standard InChI is InChI=1S/C17H21ClN4O2.ClH/c1-21(11-16(23)22-8-6-19-7-9-22)10-15-12-24-17(20-15)13-2-4-14(18)5-3-13;/h2-5,12,19H,6-11H2,1H3;1H. The lowest BCUT2D eigenvalue weighted by Gasteiger charge is -2.29. The predicted molar refractivity (Wildman–Crippen MR) is 100.0 cm³/mol. The van der Waals surface area contributed by atoms with Crippen molar-refractivity contribution in [3.05, 3.63) is 41.2 Å². The van der Waals surface area contributed by atoms with Crippen LogP contribution in [0, 0.1) is 0 Å². The van der Waals surface area contributed by atoms with Crippen LogP contribution in [0.15, 0.2) is 34.9 Å². The van der Waals surface area contributed by atoms with Gasteiger partial charge in [-0.2, -0.15) is 0 Å². The zero-order chi connectivity index (χ0) is 16.9. The zero-order valence-corrected chi connectivity index (χ0v) is 15.6. The fourth-order valence-electron chi connectivity index (χ4n) is 2.68. The van der Waals surface area contributed by atoms with E-state index in [0.29, 0.717) is 24.0 Å². The zero-order valence-electron chi connectivity index (χ0n) is 14.1. The molecule has 1 aliphatic heterocycles. The lowest BCUT2D eigenvalue weighted by atomic mass is 10.2. The summed E-state index contributed by atoms with van der Waals surface area (Å²) in [6.07, 6.45) is 1.63. The Morgan fingerprint density at radius 1 is 1.32 bits per heavy atom. The molecule has 1 amide bonds. The highest BCUT2D eigenvalue weighted by Gasteiger charge is 2.18. The Balaban J connectivity index is 0.00000225. The molecule has 0 spiro atoms. The van der Waals surface area contributed by atoms with E-state index in [1.165, 1.54) is 0 Å². The molecule has 2 aromatic rings. The molecular formula is C17H22Cl2N4O2. The molecule has 1 aliphatic rings. The normalized spacial score (nSPS) is 14.4. The number of aromatic nitrogens is 1. The van der Waals surface area contributed by atoms with Gasteiger partial charge in [-0.3, -0.25) is 9.69 Å². The van der Waals surface area contributed by atoms with Gasteiger partial charge in [-0.1, -0.05) is 11.6 Å². The van der Waals surface area contributed by atoms with Crippen molar-refractivity contribution in [1.29, 1.82) is 0 Å². The molecule has 0 bridgehead atoms. The van der Waals surface area contributed by atoms with Crippen LogP contribution in [0.2, 0.25) is 5.02 Å². The third-order valence-corrected chi connectivity index (χ3v) is 4.20. The summed E-state index contributed by atoms with van der Waals surface area (Å²) in [7, 11) is 1.91. The van der Waals surface area contributed by atoms with Crippen molar-refractivity contribution in [3.8, 4) is 11.5 Å². The molecule has 2 heterocycles. The maximum absolute atomic E-state index is 12.3. The summed E-state index contributed by atoms with van der Waals surface area (Å²) < 4.78 is 5.53. The van der Waals surface area contributed by atoms with Gasteiger partial charge in [0.25, 0.3) is 0 Å². The lowest BCUT2D eigenvalue weighted by Crippen LogP contribution is -2.49. The smallest absolute Gasteiger partial charge is 0.236 e. The third-order valence-electron chi connectivity index (χ3n) is 3.95. The Morgan fingerprint density at radius 3 is 2.68 bits per heavy atom. The Bertz CT molecular complexity index is 684.